The van der Waals surface area contributed by atoms with Crippen LogP contribution in [0.5, 0.6) is 11.5 Å². The van der Waals surface area contributed by atoms with Crippen molar-refractivity contribution in [3.63, 3.8) is 0 Å². The van der Waals surface area contributed by atoms with Crippen molar-refractivity contribution in [1.29, 1.82) is 0 Å². The standard InChI is InChI=1S/C21H24N2O6S/c1-26-16-9-5-14(6-10-16)19-20(15-7-11-17(27-2)12-8-15)23-21(22-19)30(24,25)13-18(28-3)29-4/h5-12,18H,13H2,1-4H3,(H,22,23). The minimum atomic E-state index is -3.79. The van der Waals surface area contributed by atoms with Gasteiger partial charge >= 0.3 is 0 Å². The van der Waals surface area contributed by atoms with Gasteiger partial charge in [0.2, 0.25) is 15.0 Å². The van der Waals surface area contributed by atoms with E-state index in [0.29, 0.717) is 22.9 Å². The molecule has 0 unspecified atom stereocenters. The first kappa shape index (κ1) is 21.8. The van der Waals surface area contributed by atoms with Gasteiger partial charge in [-0.2, -0.15) is 0 Å². The van der Waals surface area contributed by atoms with E-state index < -0.39 is 16.1 Å². The van der Waals surface area contributed by atoms with Crippen molar-refractivity contribution in [2.24, 2.45) is 0 Å². The molecule has 3 aromatic rings. The van der Waals surface area contributed by atoms with Crippen LogP contribution in [-0.2, 0) is 19.3 Å². The van der Waals surface area contributed by atoms with E-state index in [4.69, 9.17) is 18.9 Å². The Labute approximate surface area is 175 Å². The highest BCUT2D eigenvalue weighted by molar-refractivity contribution is 7.91. The molecule has 3 rings (SSSR count). The summed E-state index contributed by atoms with van der Waals surface area (Å²) in [7, 11) is 2.15. The summed E-state index contributed by atoms with van der Waals surface area (Å²) in [5, 5.41) is -0.154. The van der Waals surface area contributed by atoms with Crippen LogP contribution in [0.2, 0.25) is 0 Å². The lowest BCUT2D eigenvalue weighted by atomic mass is 10.0. The topological polar surface area (TPSA) is 99.7 Å². The molecule has 1 aromatic heterocycles. The van der Waals surface area contributed by atoms with Crippen molar-refractivity contribution in [2.45, 2.75) is 11.4 Å². The van der Waals surface area contributed by atoms with E-state index in [0.717, 1.165) is 11.1 Å². The second-order valence-corrected chi connectivity index (χ2v) is 8.35. The fourth-order valence-corrected chi connectivity index (χ4v) is 4.19. The second-order valence-electron chi connectivity index (χ2n) is 6.40. The lowest BCUT2D eigenvalue weighted by Gasteiger charge is -2.12. The molecule has 1 N–H and O–H groups in total. The Morgan fingerprint density at radius 2 is 1.33 bits per heavy atom. The van der Waals surface area contributed by atoms with Gasteiger partial charge in [0.15, 0.2) is 6.29 Å². The molecule has 0 amide bonds. The molecule has 0 aliphatic rings. The number of imidazole rings is 1. The molecule has 1 heterocycles. The highest BCUT2D eigenvalue weighted by atomic mass is 32.2. The number of methoxy groups -OCH3 is 4. The number of aromatic amines is 1. The maximum Gasteiger partial charge on any atom is 0.226 e. The Morgan fingerprint density at radius 1 is 0.833 bits per heavy atom. The lowest BCUT2D eigenvalue weighted by molar-refractivity contribution is -0.0852. The molecule has 160 valence electrons. The minimum Gasteiger partial charge on any atom is -0.497 e. The molecule has 0 aliphatic heterocycles. The Morgan fingerprint density at radius 3 is 1.80 bits per heavy atom. The molecule has 0 bridgehead atoms. The van der Waals surface area contributed by atoms with E-state index in [1.165, 1.54) is 14.2 Å². The van der Waals surface area contributed by atoms with E-state index in [9.17, 15) is 8.42 Å². The van der Waals surface area contributed by atoms with Gasteiger partial charge in [-0.15, -0.1) is 0 Å². The highest BCUT2D eigenvalue weighted by Crippen LogP contribution is 2.33. The summed E-state index contributed by atoms with van der Waals surface area (Å²) < 4.78 is 46.3. The summed E-state index contributed by atoms with van der Waals surface area (Å²) in [5.41, 5.74) is 2.60. The largest absolute Gasteiger partial charge is 0.497 e. The van der Waals surface area contributed by atoms with Crippen LogP contribution >= 0.6 is 0 Å². The maximum absolute atomic E-state index is 12.9. The number of H-pyrrole nitrogens is 1. The Hall–Kier alpha value is -2.88. The monoisotopic (exact) mass is 432 g/mol. The number of rotatable bonds is 9. The molecule has 9 heteroatoms. The summed E-state index contributed by atoms with van der Waals surface area (Å²) >= 11 is 0. The molecule has 0 radical (unpaired) electrons. The molecular weight excluding hydrogens is 408 g/mol. The van der Waals surface area contributed by atoms with Gasteiger partial charge in [-0.3, -0.25) is 0 Å². The molecule has 0 saturated heterocycles. The van der Waals surface area contributed by atoms with Crippen molar-refractivity contribution < 1.29 is 27.4 Å². The number of ether oxygens (including phenoxy) is 4. The quantitative estimate of drug-likeness (QED) is 0.519. The van der Waals surface area contributed by atoms with E-state index in [-0.39, 0.29) is 10.9 Å². The Kier molecular flexibility index (Phi) is 6.76. The summed E-state index contributed by atoms with van der Waals surface area (Å²) in [5.74, 6) is 1.02. The van der Waals surface area contributed by atoms with Crippen LogP contribution in [-0.4, -0.2) is 58.9 Å². The number of benzene rings is 2. The van der Waals surface area contributed by atoms with Crippen molar-refractivity contribution in [2.75, 3.05) is 34.2 Å². The SMILES string of the molecule is COc1ccc(-c2nc(S(=O)(=O)CC(OC)OC)[nH]c2-c2ccc(OC)cc2)cc1. The van der Waals surface area contributed by atoms with Crippen molar-refractivity contribution >= 4 is 9.84 Å². The summed E-state index contributed by atoms with van der Waals surface area (Å²) in [6, 6.07) is 14.5. The number of hydrogen-bond acceptors (Lipinski definition) is 7. The van der Waals surface area contributed by atoms with Gasteiger partial charge < -0.3 is 23.9 Å². The molecule has 2 aromatic carbocycles. The fourth-order valence-electron chi connectivity index (χ4n) is 2.91. The average Bonchev–Trinajstić information content (AvgIpc) is 3.24. The molecule has 0 atom stereocenters. The number of hydrogen-bond donors (Lipinski definition) is 1. The van der Waals surface area contributed by atoms with Crippen LogP contribution in [0.15, 0.2) is 53.7 Å². The van der Waals surface area contributed by atoms with Gasteiger partial charge in [0, 0.05) is 25.3 Å². The molecule has 0 fully saturated rings. The highest BCUT2D eigenvalue weighted by Gasteiger charge is 2.27. The molecular formula is C21H24N2O6S. The predicted octanol–water partition coefficient (Wildman–Crippen LogP) is 3.15. The second kappa shape index (κ2) is 9.29. The third-order valence-electron chi connectivity index (χ3n) is 4.60. The number of nitrogens with one attached hydrogen (secondary N) is 1. The van der Waals surface area contributed by atoms with Gasteiger partial charge in [-0.05, 0) is 48.5 Å². The van der Waals surface area contributed by atoms with Gasteiger partial charge in [0.25, 0.3) is 0 Å². The zero-order valence-corrected chi connectivity index (χ0v) is 18.0. The summed E-state index contributed by atoms with van der Waals surface area (Å²) in [6.07, 6.45) is -0.894. The molecule has 0 aliphatic carbocycles. The van der Waals surface area contributed by atoms with Gasteiger partial charge in [-0.25, -0.2) is 13.4 Å². The number of sulfone groups is 1. The van der Waals surface area contributed by atoms with Gasteiger partial charge in [0.1, 0.15) is 17.3 Å². The zero-order valence-electron chi connectivity index (χ0n) is 17.2. The van der Waals surface area contributed by atoms with Crippen molar-refractivity contribution in [3.05, 3.63) is 48.5 Å². The van der Waals surface area contributed by atoms with E-state index in [1.54, 1.807) is 38.5 Å². The Bertz CT molecular complexity index is 1010. The molecule has 8 nitrogen and oxygen atoms in total. The number of aromatic nitrogens is 2. The van der Waals surface area contributed by atoms with Crippen LogP contribution in [0.4, 0.5) is 0 Å². The molecule has 30 heavy (non-hydrogen) atoms. The zero-order chi connectivity index (χ0) is 21.7. The summed E-state index contributed by atoms with van der Waals surface area (Å²) in [6.45, 7) is 0. The normalized spacial score (nSPS) is 11.6. The summed E-state index contributed by atoms with van der Waals surface area (Å²) in [4.78, 5) is 7.40. The molecule has 0 spiro atoms. The van der Waals surface area contributed by atoms with E-state index in [1.807, 2.05) is 24.3 Å². The minimum absolute atomic E-state index is 0.154. The van der Waals surface area contributed by atoms with Crippen molar-refractivity contribution in [1.82, 2.24) is 9.97 Å². The lowest BCUT2D eigenvalue weighted by Crippen LogP contribution is -2.25. The van der Waals surface area contributed by atoms with Gasteiger partial charge in [-0.1, -0.05) is 0 Å². The third-order valence-corrected chi connectivity index (χ3v) is 6.09. The first-order valence-electron chi connectivity index (χ1n) is 9.09. The van der Waals surface area contributed by atoms with Crippen LogP contribution in [0.3, 0.4) is 0 Å². The predicted molar refractivity (Wildman–Crippen MR) is 112 cm³/mol. The van der Waals surface area contributed by atoms with Crippen LogP contribution in [0, 0.1) is 0 Å². The van der Waals surface area contributed by atoms with Crippen LogP contribution in [0.25, 0.3) is 22.5 Å². The van der Waals surface area contributed by atoms with Gasteiger partial charge in [0.05, 0.1) is 25.6 Å². The van der Waals surface area contributed by atoms with E-state index >= 15 is 0 Å². The maximum atomic E-state index is 12.9. The third kappa shape index (κ3) is 4.64. The first-order chi connectivity index (χ1) is 14.4. The first-order valence-corrected chi connectivity index (χ1v) is 10.7. The fraction of sp³-hybridized carbons (Fsp3) is 0.286. The molecule has 0 saturated carbocycles. The van der Waals surface area contributed by atoms with Crippen molar-refractivity contribution in [3.8, 4) is 34.0 Å². The Balaban J connectivity index is 2.10. The van der Waals surface area contributed by atoms with E-state index in [2.05, 4.69) is 9.97 Å². The van der Waals surface area contributed by atoms with Crippen LogP contribution < -0.4 is 9.47 Å². The smallest absolute Gasteiger partial charge is 0.226 e. The van der Waals surface area contributed by atoms with Crippen LogP contribution in [0.1, 0.15) is 0 Å². The number of nitrogens with zero attached hydrogens (tertiary/aromatic N) is 1. The average molecular weight is 432 g/mol.